The van der Waals surface area contributed by atoms with Gasteiger partial charge in [-0.15, -0.1) is 21.5 Å². The van der Waals surface area contributed by atoms with Gasteiger partial charge in [-0.1, -0.05) is 32.0 Å². The standard InChI is InChI=1S/C21H21N5O3S2/c1-13(2)15-7-8-19-18(12-15)14(3)21(30-19)31(28,29)24-17-6-4-5-16(11-17)20-22-25-26(23-20)9-10-27/h4-8,10-13,24H,9H2,1-3H3. The number of hydrogen-bond donors (Lipinski definition) is 1. The third-order valence-corrected chi connectivity index (χ3v) is 8.17. The van der Waals surface area contributed by atoms with Crippen LogP contribution in [0.15, 0.2) is 46.7 Å². The largest absolute Gasteiger partial charge is 0.301 e. The van der Waals surface area contributed by atoms with Crippen LogP contribution in [0.1, 0.15) is 30.9 Å². The molecule has 0 aliphatic carbocycles. The summed E-state index contributed by atoms with van der Waals surface area (Å²) < 4.78 is 30.2. The molecule has 4 aromatic rings. The van der Waals surface area contributed by atoms with Gasteiger partial charge < -0.3 is 4.79 Å². The van der Waals surface area contributed by atoms with E-state index < -0.39 is 10.0 Å². The molecule has 0 atom stereocenters. The van der Waals surface area contributed by atoms with Crippen molar-refractivity contribution >= 4 is 43.4 Å². The summed E-state index contributed by atoms with van der Waals surface area (Å²) in [6, 6.07) is 12.9. The van der Waals surface area contributed by atoms with Crippen LogP contribution in [-0.4, -0.2) is 34.9 Å². The molecule has 4 rings (SSSR count). The molecule has 8 nitrogen and oxygen atoms in total. The summed E-state index contributed by atoms with van der Waals surface area (Å²) >= 11 is 1.26. The van der Waals surface area contributed by atoms with Gasteiger partial charge in [-0.25, -0.2) is 8.42 Å². The summed E-state index contributed by atoms with van der Waals surface area (Å²) in [6.45, 7) is 6.06. The van der Waals surface area contributed by atoms with Gasteiger partial charge in [0.2, 0.25) is 5.82 Å². The van der Waals surface area contributed by atoms with E-state index in [4.69, 9.17) is 0 Å². The number of hydrogen-bond acceptors (Lipinski definition) is 7. The van der Waals surface area contributed by atoms with E-state index in [2.05, 4.69) is 40.0 Å². The summed E-state index contributed by atoms with van der Waals surface area (Å²) in [7, 11) is -3.78. The number of aromatic nitrogens is 4. The number of carbonyl (C=O) groups excluding carboxylic acids is 1. The Morgan fingerprint density at radius 1 is 1.19 bits per heavy atom. The molecule has 0 amide bonds. The van der Waals surface area contributed by atoms with Gasteiger partial charge in [-0.05, 0) is 58.8 Å². The van der Waals surface area contributed by atoms with Gasteiger partial charge in [0.1, 0.15) is 17.0 Å². The monoisotopic (exact) mass is 455 g/mol. The Morgan fingerprint density at radius 3 is 2.74 bits per heavy atom. The van der Waals surface area contributed by atoms with Crippen molar-refractivity contribution in [2.75, 3.05) is 4.72 Å². The molecule has 0 saturated heterocycles. The normalized spacial score (nSPS) is 11.9. The van der Waals surface area contributed by atoms with Crippen molar-refractivity contribution in [3.8, 4) is 11.4 Å². The highest BCUT2D eigenvalue weighted by Gasteiger charge is 2.22. The fourth-order valence-corrected chi connectivity index (χ4v) is 6.05. The predicted octanol–water partition coefficient (Wildman–Crippen LogP) is 3.99. The number of aldehydes is 1. The van der Waals surface area contributed by atoms with Crippen LogP contribution in [0.25, 0.3) is 21.5 Å². The zero-order valence-corrected chi connectivity index (χ0v) is 18.9. The van der Waals surface area contributed by atoms with Crippen molar-refractivity contribution in [3.05, 3.63) is 53.6 Å². The van der Waals surface area contributed by atoms with E-state index in [-0.39, 0.29) is 6.54 Å². The van der Waals surface area contributed by atoms with E-state index in [0.717, 1.165) is 15.6 Å². The lowest BCUT2D eigenvalue weighted by Gasteiger charge is -2.08. The fraction of sp³-hybridized carbons (Fsp3) is 0.238. The lowest BCUT2D eigenvalue weighted by atomic mass is 10.0. The second-order valence-electron chi connectivity index (χ2n) is 7.45. The van der Waals surface area contributed by atoms with Crippen LogP contribution in [0.3, 0.4) is 0 Å². The molecule has 2 aromatic heterocycles. The quantitative estimate of drug-likeness (QED) is 0.422. The lowest BCUT2D eigenvalue weighted by Crippen LogP contribution is -2.12. The van der Waals surface area contributed by atoms with Crippen LogP contribution in [0, 0.1) is 6.92 Å². The number of thiophene rings is 1. The number of tetrazole rings is 1. The van der Waals surface area contributed by atoms with E-state index in [1.54, 1.807) is 24.3 Å². The minimum atomic E-state index is -3.78. The van der Waals surface area contributed by atoms with E-state index >= 15 is 0 Å². The molecule has 0 saturated carbocycles. The maximum absolute atomic E-state index is 13.2. The summed E-state index contributed by atoms with van der Waals surface area (Å²) in [5.74, 6) is 0.671. The third kappa shape index (κ3) is 4.21. The average molecular weight is 456 g/mol. The Balaban J connectivity index is 1.66. The second-order valence-corrected chi connectivity index (χ2v) is 10.4. The first-order valence-electron chi connectivity index (χ1n) is 9.66. The molecule has 31 heavy (non-hydrogen) atoms. The minimum Gasteiger partial charge on any atom is -0.301 e. The molecular weight excluding hydrogens is 434 g/mol. The van der Waals surface area contributed by atoms with Crippen molar-refractivity contribution < 1.29 is 13.2 Å². The number of sulfonamides is 1. The molecular formula is C21H21N5O3S2. The molecule has 0 bridgehead atoms. The molecule has 0 unspecified atom stereocenters. The molecule has 2 aromatic carbocycles. The highest BCUT2D eigenvalue weighted by molar-refractivity contribution is 7.94. The van der Waals surface area contributed by atoms with Crippen molar-refractivity contribution in [1.82, 2.24) is 20.2 Å². The number of nitrogens with one attached hydrogen (secondary N) is 1. The fourth-order valence-electron chi connectivity index (χ4n) is 3.26. The van der Waals surface area contributed by atoms with Crippen LogP contribution in [0.4, 0.5) is 5.69 Å². The lowest BCUT2D eigenvalue weighted by molar-refractivity contribution is -0.108. The van der Waals surface area contributed by atoms with Crippen LogP contribution in [0.5, 0.6) is 0 Å². The highest BCUT2D eigenvalue weighted by atomic mass is 32.2. The Bertz CT molecular complexity index is 1370. The maximum Gasteiger partial charge on any atom is 0.271 e. The zero-order valence-electron chi connectivity index (χ0n) is 17.2. The van der Waals surface area contributed by atoms with E-state index in [9.17, 15) is 13.2 Å². The predicted molar refractivity (Wildman–Crippen MR) is 121 cm³/mol. The topological polar surface area (TPSA) is 107 Å². The molecule has 0 aliphatic rings. The first kappa shape index (κ1) is 21.1. The molecule has 0 aliphatic heterocycles. The maximum atomic E-state index is 13.2. The van der Waals surface area contributed by atoms with Gasteiger partial charge in [0.05, 0.1) is 0 Å². The van der Waals surface area contributed by atoms with Gasteiger partial charge in [0, 0.05) is 16.0 Å². The number of benzene rings is 2. The first-order chi connectivity index (χ1) is 14.8. The van der Waals surface area contributed by atoms with Gasteiger partial charge in [-0.3, -0.25) is 4.72 Å². The summed E-state index contributed by atoms with van der Waals surface area (Å²) in [6.07, 6.45) is 0.674. The highest BCUT2D eigenvalue weighted by Crippen LogP contribution is 2.36. The summed E-state index contributed by atoms with van der Waals surface area (Å²) in [5, 5.41) is 12.8. The molecule has 0 fully saturated rings. The Hall–Kier alpha value is -3.11. The van der Waals surface area contributed by atoms with Gasteiger partial charge >= 0.3 is 0 Å². The molecule has 160 valence electrons. The first-order valence-corrected chi connectivity index (χ1v) is 12.0. The van der Waals surface area contributed by atoms with Crippen molar-refractivity contribution in [3.63, 3.8) is 0 Å². The van der Waals surface area contributed by atoms with E-state index in [1.165, 1.54) is 21.7 Å². The van der Waals surface area contributed by atoms with Gasteiger partial charge in [-0.2, -0.15) is 4.80 Å². The third-order valence-electron chi connectivity index (χ3n) is 4.89. The van der Waals surface area contributed by atoms with E-state index in [0.29, 0.717) is 33.5 Å². The number of anilines is 1. The molecule has 2 heterocycles. The summed E-state index contributed by atoms with van der Waals surface area (Å²) in [5.41, 5.74) is 2.90. The number of nitrogens with zero attached hydrogens (tertiary/aromatic N) is 4. The van der Waals surface area contributed by atoms with Gasteiger partial charge in [0.25, 0.3) is 10.0 Å². The summed E-state index contributed by atoms with van der Waals surface area (Å²) in [4.78, 5) is 11.8. The van der Waals surface area contributed by atoms with Crippen LogP contribution in [-0.2, 0) is 21.4 Å². The molecule has 0 spiro atoms. The Labute approximate surface area is 184 Å². The van der Waals surface area contributed by atoms with Crippen LogP contribution < -0.4 is 4.72 Å². The van der Waals surface area contributed by atoms with Crippen molar-refractivity contribution in [1.29, 1.82) is 0 Å². The van der Waals surface area contributed by atoms with Crippen LogP contribution >= 0.6 is 11.3 Å². The Kier molecular flexibility index (Phi) is 5.59. The number of aryl methyl sites for hydroxylation is 1. The number of rotatable bonds is 7. The van der Waals surface area contributed by atoms with Crippen molar-refractivity contribution in [2.45, 2.75) is 37.4 Å². The molecule has 10 heteroatoms. The van der Waals surface area contributed by atoms with Crippen LogP contribution in [0.2, 0.25) is 0 Å². The Morgan fingerprint density at radius 2 is 2.00 bits per heavy atom. The van der Waals surface area contributed by atoms with Gasteiger partial charge in [0.15, 0.2) is 0 Å². The number of fused-ring (bicyclic) bond motifs is 1. The number of carbonyl (C=O) groups is 1. The van der Waals surface area contributed by atoms with E-state index in [1.807, 2.05) is 19.1 Å². The zero-order chi connectivity index (χ0) is 22.2. The molecule has 1 N–H and O–H groups in total. The minimum absolute atomic E-state index is 0.00303. The molecule has 0 radical (unpaired) electrons. The SMILES string of the molecule is Cc1c(S(=O)(=O)Nc2cccc(-c3nnn(CC=O)n3)c2)sc2ccc(C(C)C)cc12. The average Bonchev–Trinajstić information content (AvgIpc) is 3.33. The van der Waals surface area contributed by atoms with Crippen molar-refractivity contribution in [2.24, 2.45) is 0 Å². The smallest absolute Gasteiger partial charge is 0.271 e. The second kappa shape index (κ2) is 8.20.